The first-order chi connectivity index (χ1) is 10.3. The molecule has 1 fully saturated rings. The van der Waals surface area contributed by atoms with Crippen molar-refractivity contribution in [1.29, 1.82) is 0 Å². The van der Waals surface area contributed by atoms with E-state index in [0.717, 1.165) is 43.4 Å². The van der Waals surface area contributed by atoms with Gasteiger partial charge in [-0.15, -0.1) is 0 Å². The molecule has 1 aromatic heterocycles. The van der Waals surface area contributed by atoms with Gasteiger partial charge < -0.3 is 10.6 Å². The van der Waals surface area contributed by atoms with Gasteiger partial charge in [-0.1, -0.05) is 12.1 Å². The number of benzene rings is 1. The molecule has 1 saturated heterocycles. The Morgan fingerprint density at radius 1 is 1.29 bits per heavy atom. The molecule has 6 heteroatoms. The Kier molecular flexibility index (Phi) is 3.96. The van der Waals surface area contributed by atoms with Gasteiger partial charge in [-0.05, 0) is 38.4 Å². The summed E-state index contributed by atoms with van der Waals surface area (Å²) in [6.07, 6.45) is 4.93. The van der Waals surface area contributed by atoms with E-state index in [0.29, 0.717) is 11.6 Å². The highest BCUT2D eigenvalue weighted by molar-refractivity contribution is 5.96. The average Bonchev–Trinajstić information content (AvgIpc) is 2.75. The molecule has 1 aliphatic rings. The van der Waals surface area contributed by atoms with Crippen LogP contribution >= 0.6 is 0 Å². The molecular weight excluding hydrogens is 268 g/mol. The van der Waals surface area contributed by atoms with E-state index in [4.69, 9.17) is 0 Å². The van der Waals surface area contributed by atoms with Crippen molar-refractivity contribution >= 4 is 22.3 Å². The summed E-state index contributed by atoms with van der Waals surface area (Å²) >= 11 is 0. The van der Waals surface area contributed by atoms with E-state index >= 15 is 0 Å². The average molecular weight is 286 g/mol. The molecule has 1 aromatic carbocycles. The molecule has 0 saturated carbocycles. The van der Waals surface area contributed by atoms with Crippen molar-refractivity contribution in [2.45, 2.75) is 25.3 Å². The predicted octanol–water partition coefficient (Wildman–Crippen LogP) is 2.70. The van der Waals surface area contributed by atoms with E-state index in [9.17, 15) is 10.1 Å². The molecule has 1 atom stereocenters. The maximum absolute atomic E-state index is 11.1. The summed E-state index contributed by atoms with van der Waals surface area (Å²) in [5, 5.41) is 18.8. The summed E-state index contributed by atoms with van der Waals surface area (Å²) in [5.41, 5.74) is 1.42. The number of nitro benzene ring substituents is 1. The van der Waals surface area contributed by atoms with E-state index in [2.05, 4.69) is 15.6 Å². The number of hydrogen-bond donors (Lipinski definition) is 2. The van der Waals surface area contributed by atoms with E-state index in [1.165, 1.54) is 6.07 Å². The van der Waals surface area contributed by atoms with E-state index in [1.54, 1.807) is 12.3 Å². The van der Waals surface area contributed by atoms with Gasteiger partial charge in [-0.3, -0.25) is 10.1 Å². The lowest BCUT2D eigenvalue weighted by molar-refractivity contribution is -0.383. The third-order valence-corrected chi connectivity index (χ3v) is 3.88. The molecule has 0 bridgehead atoms. The largest absolute Gasteiger partial charge is 0.382 e. The molecule has 0 aliphatic carbocycles. The summed E-state index contributed by atoms with van der Waals surface area (Å²) in [6, 6.07) is 7.37. The maximum atomic E-state index is 11.1. The number of pyridine rings is 1. The van der Waals surface area contributed by atoms with Gasteiger partial charge in [-0.2, -0.15) is 0 Å². The number of fused-ring (bicyclic) bond motifs is 1. The molecule has 2 heterocycles. The zero-order chi connectivity index (χ0) is 14.7. The van der Waals surface area contributed by atoms with Crippen LogP contribution in [0.15, 0.2) is 30.5 Å². The van der Waals surface area contributed by atoms with Gasteiger partial charge in [-0.25, -0.2) is 4.98 Å². The van der Waals surface area contributed by atoms with Gasteiger partial charge in [0.25, 0.3) is 5.69 Å². The van der Waals surface area contributed by atoms with Gasteiger partial charge in [0.2, 0.25) is 0 Å². The highest BCUT2D eigenvalue weighted by atomic mass is 16.6. The zero-order valence-corrected chi connectivity index (χ0v) is 11.7. The molecular formula is C15H18N4O2. The Hall–Kier alpha value is -2.21. The number of rotatable bonds is 3. The Bertz CT molecular complexity index is 651. The highest BCUT2D eigenvalue weighted by Crippen LogP contribution is 2.29. The van der Waals surface area contributed by atoms with Crippen LogP contribution in [-0.2, 0) is 0 Å². The number of nitrogens with one attached hydrogen (secondary N) is 2. The number of hydrogen-bond acceptors (Lipinski definition) is 5. The second-order valence-electron chi connectivity index (χ2n) is 5.31. The molecule has 2 aromatic rings. The van der Waals surface area contributed by atoms with Crippen molar-refractivity contribution in [3.63, 3.8) is 0 Å². The second-order valence-corrected chi connectivity index (χ2v) is 5.31. The van der Waals surface area contributed by atoms with Gasteiger partial charge in [0.05, 0.1) is 4.92 Å². The van der Waals surface area contributed by atoms with Gasteiger partial charge in [0, 0.05) is 29.4 Å². The fourth-order valence-corrected chi connectivity index (χ4v) is 2.82. The van der Waals surface area contributed by atoms with E-state index in [1.807, 2.05) is 12.1 Å². The third-order valence-electron chi connectivity index (χ3n) is 3.88. The SMILES string of the molecule is O=[N+]([O-])c1cccc2c(NC3CCCNCC3)ccnc12. The predicted molar refractivity (Wildman–Crippen MR) is 82.5 cm³/mol. The molecule has 110 valence electrons. The van der Waals surface area contributed by atoms with Crippen LogP contribution in [0.25, 0.3) is 10.9 Å². The third kappa shape index (κ3) is 2.95. The summed E-state index contributed by atoms with van der Waals surface area (Å²) in [5.74, 6) is 0. The van der Waals surface area contributed by atoms with Crippen molar-refractivity contribution in [2.24, 2.45) is 0 Å². The van der Waals surface area contributed by atoms with Gasteiger partial charge in [0.15, 0.2) is 0 Å². The second kappa shape index (κ2) is 6.05. The van der Waals surface area contributed by atoms with Crippen molar-refractivity contribution in [3.05, 3.63) is 40.6 Å². The number of nitro groups is 1. The van der Waals surface area contributed by atoms with Crippen LogP contribution in [-0.4, -0.2) is 29.0 Å². The summed E-state index contributed by atoms with van der Waals surface area (Å²) in [7, 11) is 0. The fraction of sp³-hybridized carbons (Fsp3) is 0.400. The first-order valence-corrected chi connectivity index (χ1v) is 7.25. The topological polar surface area (TPSA) is 80.1 Å². The van der Waals surface area contributed by atoms with Gasteiger partial charge >= 0.3 is 0 Å². The Balaban J connectivity index is 1.95. The molecule has 1 aliphatic heterocycles. The Morgan fingerprint density at radius 3 is 3.05 bits per heavy atom. The summed E-state index contributed by atoms with van der Waals surface area (Å²) in [4.78, 5) is 14.9. The fourth-order valence-electron chi connectivity index (χ4n) is 2.82. The Morgan fingerprint density at radius 2 is 2.19 bits per heavy atom. The molecule has 21 heavy (non-hydrogen) atoms. The van der Waals surface area contributed by atoms with E-state index < -0.39 is 0 Å². The van der Waals surface area contributed by atoms with Crippen LogP contribution < -0.4 is 10.6 Å². The van der Waals surface area contributed by atoms with Crippen LogP contribution in [0.3, 0.4) is 0 Å². The number of non-ortho nitro benzene ring substituents is 1. The Labute approximate surface area is 122 Å². The monoisotopic (exact) mass is 286 g/mol. The molecule has 0 radical (unpaired) electrons. The van der Waals surface area contributed by atoms with Crippen LogP contribution in [0.5, 0.6) is 0 Å². The molecule has 6 nitrogen and oxygen atoms in total. The number of aromatic nitrogens is 1. The summed E-state index contributed by atoms with van der Waals surface area (Å²) in [6.45, 7) is 2.06. The minimum atomic E-state index is -0.380. The molecule has 3 rings (SSSR count). The number of anilines is 1. The zero-order valence-electron chi connectivity index (χ0n) is 11.7. The quantitative estimate of drug-likeness (QED) is 0.670. The van der Waals surface area contributed by atoms with Crippen LogP contribution in [0, 0.1) is 10.1 Å². The lowest BCUT2D eigenvalue weighted by atomic mass is 10.1. The van der Waals surface area contributed by atoms with Gasteiger partial charge in [0.1, 0.15) is 5.52 Å². The smallest absolute Gasteiger partial charge is 0.295 e. The highest BCUT2D eigenvalue weighted by Gasteiger charge is 2.17. The molecule has 0 amide bonds. The minimum absolute atomic E-state index is 0.0543. The van der Waals surface area contributed by atoms with E-state index in [-0.39, 0.29) is 10.6 Å². The van der Waals surface area contributed by atoms with Crippen LogP contribution in [0.1, 0.15) is 19.3 Å². The first kappa shape index (κ1) is 13.8. The lowest BCUT2D eigenvalue weighted by Crippen LogP contribution is -2.21. The van der Waals surface area contributed by atoms with Crippen molar-refractivity contribution in [1.82, 2.24) is 10.3 Å². The maximum Gasteiger partial charge on any atom is 0.295 e. The van der Waals surface area contributed by atoms with Crippen molar-refractivity contribution in [3.8, 4) is 0 Å². The number of nitrogens with zero attached hydrogens (tertiary/aromatic N) is 2. The standard InChI is InChI=1S/C15H18N4O2/c20-19(21)14-5-1-4-12-13(7-10-17-15(12)14)18-11-3-2-8-16-9-6-11/h1,4-5,7,10-11,16H,2-3,6,8-9H2,(H,17,18). The van der Waals surface area contributed by atoms with Crippen LogP contribution in [0.2, 0.25) is 0 Å². The summed E-state index contributed by atoms with van der Waals surface area (Å²) < 4.78 is 0. The van der Waals surface area contributed by atoms with Crippen molar-refractivity contribution in [2.75, 3.05) is 18.4 Å². The molecule has 2 N–H and O–H groups in total. The lowest BCUT2D eigenvalue weighted by Gasteiger charge is -2.18. The van der Waals surface area contributed by atoms with Crippen LogP contribution in [0.4, 0.5) is 11.4 Å². The molecule has 0 spiro atoms. The first-order valence-electron chi connectivity index (χ1n) is 7.25. The normalized spacial score (nSPS) is 19.1. The molecule has 1 unspecified atom stereocenters. The van der Waals surface area contributed by atoms with Crippen molar-refractivity contribution < 1.29 is 4.92 Å². The minimum Gasteiger partial charge on any atom is -0.382 e. The number of para-hydroxylation sites is 1.